The van der Waals surface area contributed by atoms with Crippen LogP contribution in [0.15, 0.2) is 53.9 Å². The molecule has 0 atom stereocenters. The van der Waals surface area contributed by atoms with Crippen LogP contribution in [0.25, 0.3) is 11.3 Å². The van der Waals surface area contributed by atoms with E-state index in [1.807, 2.05) is 48.7 Å². The van der Waals surface area contributed by atoms with Crippen LogP contribution in [0, 0.1) is 6.92 Å². The van der Waals surface area contributed by atoms with Gasteiger partial charge in [0.15, 0.2) is 5.13 Å². The Bertz CT molecular complexity index is 823. The Morgan fingerprint density at radius 2 is 1.71 bits per heavy atom. The molecule has 3 rings (SSSR count). The number of hydrogen-bond donors (Lipinski definition) is 2. The molecule has 0 aliphatic rings. The van der Waals surface area contributed by atoms with Gasteiger partial charge in [0, 0.05) is 28.7 Å². The summed E-state index contributed by atoms with van der Waals surface area (Å²) in [6.45, 7) is 3.90. The Morgan fingerprint density at radius 3 is 2.38 bits per heavy atom. The van der Waals surface area contributed by atoms with Crippen molar-refractivity contribution >= 4 is 33.8 Å². The maximum Gasteiger partial charge on any atom is 0.224 e. The average molecular weight is 337 g/mol. The number of aromatic nitrogens is 1. The lowest BCUT2D eigenvalue weighted by Crippen LogP contribution is -2.08. The van der Waals surface area contributed by atoms with Crippen molar-refractivity contribution in [3.8, 4) is 11.3 Å². The highest BCUT2D eigenvalue weighted by Crippen LogP contribution is 2.28. The third kappa shape index (κ3) is 4.00. The van der Waals surface area contributed by atoms with Gasteiger partial charge < -0.3 is 10.6 Å². The molecule has 2 aromatic carbocycles. The van der Waals surface area contributed by atoms with Crippen molar-refractivity contribution in [1.82, 2.24) is 4.98 Å². The lowest BCUT2D eigenvalue weighted by atomic mass is 10.1. The molecule has 3 aromatic rings. The van der Waals surface area contributed by atoms with Gasteiger partial charge in [0.1, 0.15) is 0 Å². The summed E-state index contributed by atoms with van der Waals surface area (Å²) >= 11 is 1.57. The van der Waals surface area contributed by atoms with E-state index in [-0.39, 0.29) is 5.91 Å². The predicted molar refractivity (Wildman–Crippen MR) is 101 cm³/mol. The SMILES string of the molecule is CCC(=O)Nc1ccc(-c2csc(Nc3ccc(C)cc3)n2)cc1. The van der Waals surface area contributed by atoms with Crippen molar-refractivity contribution in [3.05, 3.63) is 59.5 Å². The Morgan fingerprint density at radius 1 is 1.04 bits per heavy atom. The second-order valence-corrected chi connectivity index (χ2v) is 6.37. The van der Waals surface area contributed by atoms with E-state index in [2.05, 4.69) is 34.7 Å². The van der Waals surface area contributed by atoms with Gasteiger partial charge in [-0.1, -0.05) is 36.8 Å². The van der Waals surface area contributed by atoms with Gasteiger partial charge in [0.2, 0.25) is 5.91 Å². The van der Waals surface area contributed by atoms with Gasteiger partial charge in [-0.15, -0.1) is 11.3 Å². The number of amides is 1. The molecule has 1 aromatic heterocycles. The molecule has 0 bridgehead atoms. The number of rotatable bonds is 5. The van der Waals surface area contributed by atoms with E-state index in [1.165, 1.54) is 5.56 Å². The van der Waals surface area contributed by atoms with Crippen LogP contribution in [0.3, 0.4) is 0 Å². The number of benzene rings is 2. The quantitative estimate of drug-likeness (QED) is 0.672. The van der Waals surface area contributed by atoms with Crippen molar-refractivity contribution in [2.24, 2.45) is 0 Å². The minimum Gasteiger partial charge on any atom is -0.332 e. The van der Waals surface area contributed by atoms with Crippen molar-refractivity contribution in [3.63, 3.8) is 0 Å². The smallest absolute Gasteiger partial charge is 0.224 e. The lowest BCUT2D eigenvalue weighted by molar-refractivity contribution is -0.115. The number of nitrogens with zero attached hydrogens (tertiary/aromatic N) is 1. The van der Waals surface area contributed by atoms with E-state index >= 15 is 0 Å². The number of nitrogens with one attached hydrogen (secondary N) is 2. The fraction of sp³-hybridized carbons (Fsp3) is 0.158. The molecule has 0 saturated carbocycles. The van der Waals surface area contributed by atoms with Gasteiger partial charge in [0.25, 0.3) is 0 Å². The van der Waals surface area contributed by atoms with Gasteiger partial charge in [0.05, 0.1) is 5.69 Å². The number of carbonyl (C=O) groups is 1. The first kappa shape index (κ1) is 16.2. The number of aryl methyl sites for hydroxylation is 1. The second-order valence-electron chi connectivity index (χ2n) is 5.51. The largest absolute Gasteiger partial charge is 0.332 e. The molecule has 5 heteroatoms. The van der Waals surface area contributed by atoms with Crippen LogP contribution in [0.5, 0.6) is 0 Å². The van der Waals surface area contributed by atoms with Gasteiger partial charge in [-0.05, 0) is 31.2 Å². The van der Waals surface area contributed by atoms with Gasteiger partial charge >= 0.3 is 0 Å². The summed E-state index contributed by atoms with van der Waals surface area (Å²) in [6, 6.07) is 16.0. The summed E-state index contributed by atoms with van der Waals surface area (Å²) in [6.07, 6.45) is 0.474. The highest BCUT2D eigenvalue weighted by atomic mass is 32.1. The Labute approximate surface area is 145 Å². The monoisotopic (exact) mass is 337 g/mol. The Hall–Kier alpha value is -2.66. The highest BCUT2D eigenvalue weighted by Gasteiger charge is 2.06. The van der Waals surface area contributed by atoms with Crippen molar-refractivity contribution < 1.29 is 4.79 Å². The van der Waals surface area contributed by atoms with E-state index in [9.17, 15) is 4.79 Å². The first-order chi connectivity index (χ1) is 11.6. The molecule has 0 aliphatic carbocycles. The average Bonchev–Trinajstić information content (AvgIpc) is 3.06. The molecule has 0 saturated heterocycles. The summed E-state index contributed by atoms with van der Waals surface area (Å²) in [5.74, 6) is 0.0148. The molecule has 0 spiro atoms. The zero-order valence-electron chi connectivity index (χ0n) is 13.7. The lowest BCUT2D eigenvalue weighted by Gasteiger charge is -2.04. The van der Waals surface area contributed by atoms with E-state index in [0.717, 1.165) is 27.8 Å². The molecule has 1 heterocycles. The van der Waals surface area contributed by atoms with Crippen LogP contribution in [0.4, 0.5) is 16.5 Å². The van der Waals surface area contributed by atoms with E-state index in [0.29, 0.717) is 6.42 Å². The minimum absolute atomic E-state index is 0.0148. The van der Waals surface area contributed by atoms with Crippen LogP contribution in [-0.2, 0) is 4.79 Å². The number of thiazole rings is 1. The minimum atomic E-state index is 0.0148. The van der Waals surface area contributed by atoms with Crippen LogP contribution in [0.2, 0.25) is 0 Å². The number of hydrogen-bond acceptors (Lipinski definition) is 4. The standard InChI is InChI=1S/C19H19N3OS/c1-3-18(23)20-15-10-6-14(7-11-15)17-12-24-19(22-17)21-16-8-4-13(2)5-9-16/h4-12H,3H2,1-2H3,(H,20,23)(H,21,22). The molecule has 4 nitrogen and oxygen atoms in total. The fourth-order valence-electron chi connectivity index (χ4n) is 2.20. The van der Waals surface area contributed by atoms with Gasteiger partial charge in [-0.3, -0.25) is 4.79 Å². The first-order valence-electron chi connectivity index (χ1n) is 7.83. The maximum absolute atomic E-state index is 11.4. The number of anilines is 3. The molecular formula is C19H19N3OS. The highest BCUT2D eigenvalue weighted by molar-refractivity contribution is 7.14. The normalized spacial score (nSPS) is 10.4. The molecular weight excluding hydrogens is 318 g/mol. The third-order valence-corrected chi connectivity index (χ3v) is 4.35. The van der Waals surface area contributed by atoms with E-state index in [1.54, 1.807) is 11.3 Å². The summed E-state index contributed by atoms with van der Waals surface area (Å²) in [4.78, 5) is 16.0. The summed E-state index contributed by atoms with van der Waals surface area (Å²) in [5.41, 5.74) is 5.01. The first-order valence-corrected chi connectivity index (χ1v) is 8.71. The third-order valence-electron chi connectivity index (χ3n) is 3.59. The van der Waals surface area contributed by atoms with Crippen LogP contribution < -0.4 is 10.6 Å². The van der Waals surface area contributed by atoms with Crippen molar-refractivity contribution in [2.75, 3.05) is 10.6 Å². The predicted octanol–water partition coefficient (Wildman–Crippen LogP) is 5.21. The zero-order chi connectivity index (χ0) is 16.9. The van der Waals surface area contributed by atoms with E-state index < -0.39 is 0 Å². The fourth-order valence-corrected chi connectivity index (χ4v) is 2.94. The van der Waals surface area contributed by atoms with E-state index in [4.69, 9.17) is 0 Å². The molecule has 0 unspecified atom stereocenters. The van der Waals surface area contributed by atoms with Crippen LogP contribution in [0.1, 0.15) is 18.9 Å². The maximum atomic E-state index is 11.4. The Kier molecular flexibility index (Phi) is 4.91. The Balaban J connectivity index is 1.70. The molecule has 0 radical (unpaired) electrons. The summed E-state index contributed by atoms with van der Waals surface area (Å²) in [7, 11) is 0. The van der Waals surface area contributed by atoms with Crippen molar-refractivity contribution in [1.29, 1.82) is 0 Å². The number of carbonyl (C=O) groups excluding carboxylic acids is 1. The van der Waals surface area contributed by atoms with Crippen LogP contribution >= 0.6 is 11.3 Å². The molecule has 0 fully saturated rings. The van der Waals surface area contributed by atoms with Crippen LogP contribution in [-0.4, -0.2) is 10.9 Å². The van der Waals surface area contributed by atoms with Gasteiger partial charge in [-0.2, -0.15) is 0 Å². The topological polar surface area (TPSA) is 54.0 Å². The summed E-state index contributed by atoms with van der Waals surface area (Å²) < 4.78 is 0. The molecule has 122 valence electrons. The molecule has 0 aliphatic heterocycles. The molecule has 2 N–H and O–H groups in total. The molecule has 1 amide bonds. The second kappa shape index (κ2) is 7.27. The zero-order valence-corrected chi connectivity index (χ0v) is 14.5. The molecule has 24 heavy (non-hydrogen) atoms. The summed E-state index contributed by atoms with van der Waals surface area (Å²) in [5, 5.41) is 9.04. The van der Waals surface area contributed by atoms with Crippen molar-refractivity contribution in [2.45, 2.75) is 20.3 Å². The van der Waals surface area contributed by atoms with Gasteiger partial charge in [-0.25, -0.2) is 4.98 Å².